The highest BCUT2D eigenvalue weighted by Crippen LogP contribution is 2.18. The van der Waals surface area contributed by atoms with Crippen LogP contribution in [0.2, 0.25) is 0 Å². The molecule has 0 atom stereocenters. The number of anilines is 3. The molecule has 7 heteroatoms. The van der Waals surface area contributed by atoms with Gasteiger partial charge in [-0.3, -0.25) is 9.59 Å². The molecule has 0 saturated carbocycles. The van der Waals surface area contributed by atoms with Crippen molar-refractivity contribution in [2.24, 2.45) is 0 Å². The monoisotopic (exact) mass is 390 g/mol. The standard InChI is InChI=1S/C22H22N4O3/c1-14(2)29-19-10-8-18(9-11-19)26-22(28)20-12-24-21(13-23-20)25-17-6-4-16(5-7-17)15(3)27/h4-14H,1-3H3,(H,24,25)(H,26,28). The summed E-state index contributed by atoms with van der Waals surface area (Å²) in [6.07, 6.45) is 2.97. The number of carbonyl (C=O) groups excluding carboxylic acids is 2. The maximum Gasteiger partial charge on any atom is 0.275 e. The highest BCUT2D eigenvalue weighted by atomic mass is 16.5. The van der Waals surface area contributed by atoms with Gasteiger partial charge >= 0.3 is 0 Å². The van der Waals surface area contributed by atoms with Crippen molar-refractivity contribution in [1.82, 2.24) is 9.97 Å². The molecule has 3 rings (SSSR count). The average Bonchev–Trinajstić information content (AvgIpc) is 2.70. The molecule has 0 unspecified atom stereocenters. The van der Waals surface area contributed by atoms with Crippen molar-refractivity contribution in [3.8, 4) is 5.75 Å². The van der Waals surface area contributed by atoms with Gasteiger partial charge in [0, 0.05) is 16.9 Å². The van der Waals surface area contributed by atoms with Gasteiger partial charge < -0.3 is 15.4 Å². The topological polar surface area (TPSA) is 93.2 Å². The highest BCUT2D eigenvalue weighted by molar-refractivity contribution is 6.02. The quantitative estimate of drug-likeness (QED) is 0.579. The molecule has 0 bridgehead atoms. The zero-order valence-electron chi connectivity index (χ0n) is 16.5. The van der Waals surface area contributed by atoms with Gasteiger partial charge in [-0.05, 0) is 69.3 Å². The van der Waals surface area contributed by atoms with Gasteiger partial charge in [-0.1, -0.05) is 0 Å². The van der Waals surface area contributed by atoms with Gasteiger partial charge in [0.15, 0.2) is 5.78 Å². The van der Waals surface area contributed by atoms with Crippen LogP contribution in [0.3, 0.4) is 0 Å². The molecule has 0 aliphatic carbocycles. The fourth-order valence-corrected chi connectivity index (χ4v) is 2.53. The number of ketones is 1. The molecule has 2 aromatic carbocycles. The summed E-state index contributed by atoms with van der Waals surface area (Å²) in [5.74, 6) is 0.887. The molecule has 0 fully saturated rings. The smallest absolute Gasteiger partial charge is 0.275 e. The molecular weight excluding hydrogens is 368 g/mol. The number of hydrogen-bond acceptors (Lipinski definition) is 6. The molecule has 7 nitrogen and oxygen atoms in total. The SMILES string of the molecule is CC(=O)c1ccc(Nc2cnc(C(=O)Nc3ccc(OC(C)C)cc3)cn2)cc1. The van der Waals surface area contributed by atoms with Crippen molar-refractivity contribution in [3.63, 3.8) is 0 Å². The van der Waals surface area contributed by atoms with Gasteiger partial charge in [-0.15, -0.1) is 0 Å². The summed E-state index contributed by atoms with van der Waals surface area (Å²) in [6.45, 7) is 5.42. The van der Waals surface area contributed by atoms with E-state index in [4.69, 9.17) is 4.74 Å². The predicted molar refractivity (Wildman–Crippen MR) is 112 cm³/mol. The zero-order chi connectivity index (χ0) is 20.8. The van der Waals surface area contributed by atoms with Crippen molar-refractivity contribution in [3.05, 3.63) is 72.2 Å². The number of hydrogen-bond donors (Lipinski definition) is 2. The summed E-state index contributed by atoms with van der Waals surface area (Å²) >= 11 is 0. The van der Waals surface area contributed by atoms with Gasteiger partial charge in [0.25, 0.3) is 5.91 Å². The molecule has 0 radical (unpaired) electrons. The van der Waals surface area contributed by atoms with Crippen molar-refractivity contribution >= 4 is 28.9 Å². The molecule has 1 amide bonds. The minimum atomic E-state index is -0.354. The third-order valence-corrected chi connectivity index (χ3v) is 3.93. The summed E-state index contributed by atoms with van der Waals surface area (Å²) in [4.78, 5) is 32.0. The summed E-state index contributed by atoms with van der Waals surface area (Å²) in [6, 6.07) is 14.2. The van der Waals surface area contributed by atoms with Crippen molar-refractivity contribution in [2.45, 2.75) is 26.9 Å². The van der Waals surface area contributed by atoms with E-state index < -0.39 is 0 Å². The molecule has 0 aliphatic rings. The fourth-order valence-electron chi connectivity index (χ4n) is 2.53. The number of amides is 1. The third kappa shape index (κ3) is 5.62. The Morgan fingerprint density at radius 3 is 2.10 bits per heavy atom. The minimum absolute atomic E-state index is 0.00814. The Morgan fingerprint density at radius 2 is 1.55 bits per heavy atom. The van der Waals surface area contributed by atoms with Crippen LogP contribution in [0, 0.1) is 0 Å². The molecule has 29 heavy (non-hydrogen) atoms. The van der Waals surface area contributed by atoms with Crippen LogP contribution < -0.4 is 15.4 Å². The van der Waals surface area contributed by atoms with Gasteiger partial charge in [-0.25, -0.2) is 9.97 Å². The molecule has 1 heterocycles. The Bertz CT molecular complexity index is 982. The molecule has 0 saturated heterocycles. The van der Waals surface area contributed by atoms with E-state index in [2.05, 4.69) is 20.6 Å². The Balaban J connectivity index is 1.60. The van der Waals surface area contributed by atoms with Crippen LogP contribution in [-0.2, 0) is 0 Å². The average molecular weight is 390 g/mol. The van der Waals surface area contributed by atoms with Crippen molar-refractivity contribution < 1.29 is 14.3 Å². The molecule has 1 aromatic heterocycles. The molecule has 3 aromatic rings. The maximum atomic E-state index is 12.4. The Kier molecular flexibility index (Phi) is 6.19. The first-order chi connectivity index (χ1) is 13.9. The van der Waals surface area contributed by atoms with Gasteiger partial charge in [-0.2, -0.15) is 0 Å². The van der Waals surface area contributed by atoms with E-state index in [0.717, 1.165) is 11.4 Å². The van der Waals surface area contributed by atoms with Crippen molar-refractivity contribution in [1.29, 1.82) is 0 Å². The second-order valence-corrected chi connectivity index (χ2v) is 6.69. The van der Waals surface area contributed by atoms with E-state index in [9.17, 15) is 9.59 Å². The molecular formula is C22H22N4O3. The lowest BCUT2D eigenvalue weighted by atomic mass is 10.1. The molecule has 2 N–H and O–H groups in total. The number of ether oxygens (including phenoxy) is 1. The van der Waals surface area contributed by atoms with Crippen LogP contribution in [-0.4, -0.2) is 27.8 Å². The van der Waals surface area contributed by atoms with E-state index >= 15 is 0 Å². The fraction of sp³-hybridized carbons (Fsp3) is 0.182. The Morgan fingerprint density at radius 1 is 0.897 bits per heavy atom. The first-order valence-electron chi connectivity index (χ1n) is 9.19. The summed E-state index contributed by atoms with van der Waals surface area (Å²) in [7, 11) is 0. The number of nitrogens with one attached hydrogen (secondary N) is 2. The second kappa shape index (κ2) is 8.97. The number of Topliss-reactive ketones (excluding diaryl/α,β-unsaturated/α-hetero) is 1. The van der Waals surface area contributed by atoms with Crippen LogP contribution in [0.5, 0.6) is 5.75 Å². The zero-order valence-corrected chi connectivity index (χ0v) is 16.5. The lowest BCUT2D eigenvalue weighted by molar-refractivity contribution is 0.101. The van der Waals surface area contributed by atoms with Gasteiger partial charge in [0.1, 0.15) is 17.3 Å². The lowest BCUT2D eigenvalue weighted by Crippen LogP contribution is -2.14. The second-order valence-electron chi connectivity index (χ2n) is 6.69. The van der Waals surface area contributed by atoms with Crippen LogP contribution in [0.1, 0.15) is 41.6 Å². The number of rotatable bonds is 7. The molecule has 148 valence electrons. The Labute approximate surface area is 169 Å². The van der Waals surface area contributed by atoms with E-state index in [1.54, 1.807) is 48.5 Å². The van der Waals surface area contributed by atoms with Crippen LogP contribution in [0.15, 0.2) is 60.9 Å². The highest BCUT2D eigenvalue weighted by Gasteiger charge is 2.09. The van der Waals surface area contributed by atoms with Crippen LogP contribution in [0.4, 0.5) is 17.2 Å². The van der Waals surface area contributed by atoms with E-state index in [1.807, 2.05) is 13.8 Å². The van der Waals surface area contributed by atoms with Gasteiger partial charge in [0.2, 0.25) is 0 Å². The first kappa shape index (κ1) is 20.0. The predicted octanol–water partition coefficient (Wildman–Crippen LogP) is 4.46. The summed E-state index contributed by atoms with van der Waals surface area (Å²) in [5, 5.41) is 5.85. The van der Waals surface area contributed by atoms with E-state index in [1.165, 1.54) is 19.3 Å². The number of carbonyl (C=O) groups is 2. The first-order valence-corrected chi connectivity index (χ1v) is 9.19. The number of benzene rings is 2. The Hall–Kier alpha value is -3.74. The minimum Gasteiger partial charge on any atom is -0.491 e. The van der Waals surface area contributed by atoms with E-state index in [-0.39, 0.29) is 23.5 Å². The van der Waals surface area contributed by atoms with Crippen LogP contribution >= 0.6 is 0 Å². The number of aromatic nitrogens is 2. The summed E-state index contributed by atoms with van der Waals surface area (Å²) < 4.78 is 5.58. The number of nitrogens with zero attached hydrogens (tertiary/aromatic N) is 2. The van der Waals surface area contributed by atoms with Crippen molar-refractivity contribution in [2.75, 3.05) is 10.6 Å². The molecule has 0 aliphatic heterocycles. The largest absolute Gasteiger partial charge is 0.491 e. The maximum absolute atomic E-state index is 12.4. The van der Waals surface area contributed by atoms with Gasteiger partial charge in [0.05, 0.1) is 18.5 Å². The van der Waals surface area contributed by atoms with E-state index in [0.29, 0.717) is 17.1 Å². The lowest BCUT2D eigenvalue weighted by Gasteiger charge is -2.10. The van der Waals surface area contributed by atoms with Crippen LogP contribution in [0.25, 0.3) is 0 Å². The summed E-state index contributed by atoms with van der Waals surface area (Å²) in [5.41, 5.74) is 2.24. The molecule has 0 spiro atoms. The normalized spacial score (nSPS) is 10.5. The third-order valence-electron chi connectivity index (χ3n) is 3.93.